The molecular formula is C14H8N2OS2. The number of carbonyl (C=O) groups is 1. The fourth-order valence-corrected chi connectivity index (χ4v) is 4.22. The molecule has 0 aliphatic rings. The van der Waals surface area contributed by atoms with E-state index in [1.54, 1.807) is 35.1 Å². The van der Waals surface area contributed by atoms with Crippen molar-refractivity contribution in [3.05, 3.63) is 52.5 Å². The zero-order chi connectivity index (χ0) is 12.8. The number of nitrogens with one attached hydrogen (secondary N) is 1. The second kappa shape index (κ2) is 4.01. The predicted octanol–water partition coefficient (Wildman–Crippen LogP) is 4.07. The molecule has 0 atom stereocenters. The summed E-state index contributed by atoms with van der Waals surface area (Å²) >= 11 is 3.21. The number of hydrogen-bond acceptors (Lipinski definition) is 4. The first-order chi connectivity index (χ1) is 9.33. The topological polar surface area (TPSA) is 45.8 Å². The van der Waals surface area contributed by atoms with E-state index in [-0.39, 0.29) is 5.78 Å². The molecule has 0 fully saturated rings. The number of hydrogen-bond donors (Lipinski definition) is 1. The van der Waals surface area contributed by atoms with Gasteiger partial charge in [0.25, 0.3) is 0 Å². The highest BCUT2D eigenvalue weighted by Gasteiger charge is 2.17. The molecule has 0 saturated carbocycles. The number of aromatic nitrogens is 2. The summed E-state index contributed by atoms with van der Waals surface area (Å²) in [6.07, 6.45) is 3.46. The Morgan fingerprint density at radius 3 is 3.11 bits per heavy atom. The molecule has 0 amide bonds. The maximum absolute atomic E-state index is 12.6. The lowest BCUT2D eigenvalue weighted by Gasteiger charge is -1.94. The van der Waals surface area contributed by atoms with Gasteiger partial charge in [-0.15, -0.1) is 22.7 Å². The predicted molar refractivity (Wildman–Crippen MR) is 79.2 cm³/mol. The summed E-state index contributed by atoms with van der Waals surface area (Å²) in [5, 5.41) is 2.93. The molecule has 4 rings (SSSR count). The smallest absolute Gasteiger partial charge is 0.205 e. The van der Waals surface area contributed by atoms with Crippen molar-refractivity contribution in [3.8, 4) is 0 Å². The van der Waals surface area contributed by atoms with Crippen molar-refractivity contribution in [2.24, 2.45) is 0 Å². The highest BCUT2D eigenvalue weighted by atomic mass is 32.1. The Balaban J connectivity index is 1.87. The Labute approximate surface area is 116 Å². The van der Waals surface area contributed by atoms with E-state index in [2.05, 4.69) is 16.0 Å². The SMILES string of the molecule is O=C(c1cc2sccc2s1)c1c[nH]c2ncccc12. The Bertz CT molecular complexity index is 872. The quantitative estimate of drug-likeness (QED) is 0.564. The van der Waals surface area contributed by atoms with E-state index in [1.165, 1.54) is 9.40 Å². The van der Waals surface area contributed by atoms with Gasteiger partial charge < -0.3 is 4.98 Å². The van der Waals surface area contributed by atoms with Crippen molar-refractivity contribution < 1.29 is 4.79 Å². The molecule has 0 radical (unpaired) electrons. The van der Waals surface area contributed by atoms with Gasteiger partial charge in [-0.05, 0) is 29.6 Å². The van der Waals surface area contributed by atoms with Crippen LogP contribution in [-0.2, 0) is 0 Å². The van der Waals surface area contributed by atoms with E-state index in [1.807, 2.05) is 23.6 Å². The first-order valence-electron chi connectivity index (χ1n) is 5.77. The molecule has 0 spiro atoms. The van der Waals surface area contributed by atoms with Gasteiger partial charge in [-0.1, -0.05) is 0 Å². The number of nitrogens with zero attached hydrogens (tertiary/aromatic N) is 1. The molecule has 19 heavy (non-hydrogen) atoms. The Hall–Kier alpha value is -1.98. The summed E-state index contributed by atoms with van der Waals surface area (Å²) < 4.78 is 2.35. The number of aromatic amines is 1. The van der Waals surface area contributed by atoms with E-state index in [0.29, 0.717) is 5.56 Å². The van der Waals surface area contributed by atoms with Crippen molar-refractivity contribution in [1.29, 1.82) is 0 Å². The van der Waals surface area contributed by atoms with E-state index in [9.17, 15) is 4.79 Å². The van der Waals surface area contributed by atoms with Gasteiger partial charge in [0.05, 0.1) is 10.4 Å². The van der Waals surface area contributed by atoms with Crippen LogP contribution in [0.1, 0.15) is 15.2 Å². The highest BCUT2D eigenvalue weighted by Crippen LogP contribution is 2.32. The van der Waals surface area contributed by atoms with Gasteiger partial charge in [0.2, 0.25) is 5.78 Å². The molecule has 4 aromatic rings. The molecule has 3 nitrogen and oxygen atoms in total. The molecule has 4 aromatic heterocycles. The number of carbonyl (C=O) groups excluding carboxylic acids is 1. The lowest BCUT2D eigenvalue weighted by molar-refractivity contribution is 0.104. The maximum Gasteiger partial charge on any atom is 0.205 e. The molecule has 0 unspecified atom stereocenters. The number of thiophene rings is 2. The number of fused-ring (bicyclic) bond motifs is 2. The third kappa shape index (κ3) is 1.63. The number of H-pyrrole nitrogens is 1. The molecule has 0 aliphatic carbocycles. The summed E-state index contributed by atoms with van der Waals surface area (Å²) in [6.45, 7) is 0. The van der Waals surface area contributed by atoms with E-state index >= 15 is 0 Å². The van der Waals surface area contributed by atoms with Gasteiger partial charge in [-0.3, -0.25) is 4.79 Å². The molecule has 4 heterocycles. The van der Waals surface area contributed by atoms with Crippen LogP contribution < -0.4 is 0 Å². The standard InChI is InChI=1S/C14H8N2OS2/c17-13(12-6-11-10(19-12)3-5-18-11)9-7-16-14-8(9)2-1-4-15-14/h1-7H,(H,15,16). The molecule has 0 bridgehead atoms. The summed E-state index contributed by atoms with van der Waals surface area (Å²) in [5.74, 6) is 0.0626. The zero-order valence-electron chi connectivity index (χ0n) is 9.71. The summed E-state index contributed by atoms with van der Waals surface area (Å²) in [6, 6.07) is 7.79. The molecule has 0 saturated heterocycles. The van der Waals surface area contributed by atoms with Crippen molar-refractivity contribution in [1.82, 2.24) is 9.97 Å². The maximum atomic E-state index is 12.6. The van der Waals surface area contributed by atoms with Gasteiger partial charge in [0, 0.05) is 27.2 Å². The average molecular weight is 284 g/mol. The first-order valence-corrected chi connectivity index (χ1v) is 7.46. The zero-order valence-corrected chi connectivity index (χ0v) is 11.3. The summed E-state index contributed by atoms with van der Waals surface area (Å²) in [5.41, 5.74) is 1.45. The van der Waals surface area contributed by atoms with Gasteiger partial charge in [-0.2, -0.15) is 0 Å². The normalized spacial score (nSPS) is 11.4. The van der Waals surface area contributed by atoms with Crippen LogP contribution >= 0.6 is 22.7 Å². The van der Waals surface area contributed by atoms with Gasteiger partial charge in [0.1, 0.15) is 5.65 Å². The van der Waals surface area contributed by atoms with Gasteiger partial charge in [-0.25, -0.2) is 4.98 Å². The van der Waals surface area contributed by atoms with Gasteiger partial charge in [0.15, 0.2) is 0 Å². The first kappa shape index (κ1) is 10.9. The fraction of sp³-hybridized carbons (Fsp3) is 0. The van der Waals surface area contributed by atoms with Crippen LogP contribution in [0.25, 0.3) is 20.4 Å². The van der Waals surface area contributed by atoms with E-state index in [0.717, 1.165) is 15.9 Å². The minimum Gasteiger partial charge on any atom is -0.345 e. The van der Waals surface area contributed by atoms with Crippen LogP contribution in [0.15, 0.2) is 42.0 Å². The average Bonchev–Trinajstić information content (AvgIpc) is 3.11. The molecule has 1 N–H and O–H groups in total. The molecule has 0 aromatic carbocycles. The monoisotopic (exact) mass is 284 g/mol. The molecule has 0 aliphatic heterocycles. The van der Waals surface area contributed by atoms with Crippen LogP contribution in [0.4, 0.5) is 0 Å². The van der Waals surface area contributed by atoms with Crippen molar-refractivity contribution >= 4 is 48.9 Å². The lowest BCUT2D eigenvalue weighted by atomic mass is 10.1. The second-order valence-corrected chi connectivity index (χ2v) is 6.22. The van der Waals surface area contributed by atoms with Crippen LogP contribution in [-0.4, -0.2) is 15.8 Å². The van der Waals surface area contributed by atoms with Crippen LogP contribution in [0.2, 0.25) is 0 Å². The molecule has 5 heteroatoms. The fourth-order valence-electron chi connectivity index (χ4n) is 2.15. The van der Waals surface area contributed by atoms with E-state index in [4.69, 9.17) is 0 Å². The van der Waals surface area contributed by atoms with Crippen LogP contribution in [0, 0.1) is 0 Å². The Kier molecular flexibility index (Phi) is 2.30. The summed E-state index contributed by atoms with van der Waals surface area (Å²) in [4.78, 5) is 20.6. The van der Waals surface area contributed by atoms with Crippen molar-refractivity contribution in [3.63, 3.8) is 0 Å². The minimum absolute atomic E-state index is 0.0626. The number of ketones is 1. The third-order valence-corrected chi connectivity index (χ3v) is 5.15. The van der Waals surface area contributed by atoms with Gasteiger partial charge >= 0.3 is 0 Å². The summed E-state index contributed by atoms with van der Waals surface area (Å²) in [7, 11) is 0. The third-order valence-electron chi connectivity index (χ3n) is 3.06. The largest absolute Gasteiger partial charge is 0.345 e. The Morgan fingerprint density at radius 1 is 1.26 bits per heavy atom. The van der Waals surface area contributed by atoms with Crippen LogP contribution in [0.3, 0.4) is 0 Å². The second-order valence-electron chi connectivity index (χ2n) is 4.19. The number of rotatable bonds is 2. The van der Waals surface area contributed by atoms with Crippen LogP contribution in [0.5, 0.6) is 0 Å². The van der Waals surface area contributed by atoms with Crippen molar-refractivity contribution in [2.75, 3.05) is 0 Å². The molecule has 92 valence electrons. The van der Waals surface area contributed by atoms with Crippen molar-refractivity contribution in [2.45, 2.75) is 0 Å². The van der Waals surface area contributed by atoms with E-state index < -0.39 is 0 Å². The molecular weight excluding hydrogens is 276 g/mol. The number of pyridine rings is 1. The highest BCUT2D eigenvalue weighted by molar-refractivity contribution is 7.28. The lowest BCUT2D eigenvalue weighted by Crippen LogP contribution is -1.96. The minimum atomic E-state index is 0.0626. The Morgan fingerprint density at radius 2 is 2.21 bits per heavy atom.